The Hall–Kier alpha value is -1.53. The van der Waals surface area contributed by atoms with E-state index in [1.54, 1.807) is 19.1 Å². The zero-order chi connectivity index (χ0) is 13.3. The van der Waals surface area contributed by atoms with E-state index in [4.69, 9.17) is 12.2 Å². The molecule has 0 aliphatic heterocycles. The molecule has 2 rings (SSSR count). The third-order valence-corrected chi connectivity index (χ3v) is 4.12. The Kier molecular flexibility index (Phi) is 3.58. The Morgan fingerprint density at radius 3 is 2.83 bits per heavy atom. The molecule has 1 aromatic heterocycles. The number of hydrogen-bond donors (Lipinski definition) is 1. The summed E-state index contributed by atoms with van der Waals surface area (Å²) in [7, 11) is 0. The van der Waals surface area contributed by atoms with Crippen molar-refractivity contribution < 1.29 is 4.92 Å². The van der Waals surface area contributed by atoms with Crippen LogP contribution in [0.4, 0.5) is 5.69 Å². The highest BCUT2D eigenvalue weighted by atomic mass is 32.1. The Bertz CT molecular complexity index is 658. The van der Waals surface area contributed by atoms with Gasteiger partial charge in [0.25, 0.3) is 5.69 Å². The van der Waals surface area contributed by atoms with E-state index in [0.717, 1.165) is 22.6 Å². The van der Waals surface area contributed by atoms with E-state index >= 15 is 0 Å². The number of H-pyrrole nitrogens is 1. The largest absolute Gasteiger partial charge is 0.337 e. The van der Waals surface area contributed by atoms with Crippen LogP contribution in [0.2, 0.25) is 0 Å². The minimum Gasteiger partial charge on any atom is -0.337 e. The highest BCUT2D eigenvalue weighted by Crippen LogP contribution is 2.30. The molecular formula is C12H12N2O2S2. The second kappa shape index (κ2) is 4.99. The smallest absolute Gasteiger partial charge is 0.272 e. The van der Waals surface area contributed by atoms with Crippen molar-refractivity contribution >= 4 is 29.2 Å². The minimum atomic E-state index is -0.356. The monoisotopic (exact) mass is 280 g/mol. The van der Waals surface area contributed by atoms with Gasteiger partial charge < -0.3 is 4.98 Å². The fourth-order valence-corrected chi connectivity index (χ4v) is 3.00. The molecule has 6 heteroatoms. The summed E-state index contributed by atoms with van der Waals surface area (Å²) in [6, 6.07) is 5.25. The van der Waals surface area contributed by atoms with Gasteiger partial charge in [-0.2, -0.15) is 0 Å². The van der Waals surface area contributed by atoms with Crippen LogP contribution in [0, 0.1) is 21.0 Å². The average Bonchev–Trinajstić information content (AvgIpc) is 2.70. The third-order valence-electron chi connectivity index (χ3n) is 2.74. The van der Waals surface area contributed by atoms with Crippen molar-refractivity contribution in [3.63, 3.8) is 0 Å². The van der Waals surface area contributed by atoms with E-state index in [-0.39, 0.29) is 10.6 Å². The van der Waals surface area contributed by atoms with Gasteiger partial charge in [0.15, 0.2) is 3.95 Å². The van der Waals surface area contributed by atoms with Crippen molar-refractivity contribution in [2.24, 2.45) is 0 Å². The molecule has 94 valence electrons. The summed E-state index contributed by atoms with van der Waals surface area (Å²) in [5.74, 6) is 0. The average molecular weight is 280 g/mol. The number of nitro benzene ring substituents is 1. The molecule has 18 heavy (non-hydrogen) atoms. The van der Waals surface area contributed by atoms with Crippen molar-refractivity contribution in [3.05, 3.63) is 42.7 Å². The second-order valence-electron chi connectivity index (χ2n) is 3.92. The van der Waals surface area contributed by atoms with Gasteiger partial charge in [-0.25, -0.2) is 0 Å². The molecule has 0 unspecified atom stereocenters. The topological polar surface area (TPSA) is 58.9 Å². The first kappa shape index (κ1) is 12.9. The molecule has 0 radical (unpaired) electrons. The van der Waals surface area contributed by atoms with Crippen molar-refractivity contribution in [1.29, 1.82) is 0 Å². The highest BCUT2D eigenvalue weighted by molar-refractivity contribution is 7.73. The molecule has 0 fully saturated rings. The molecule has 0 spiro atoms. The predicted octanol–water partition coefficient (Wildman–Crippen LogP) is 4.25. The predicted molar refractivity (Wildman–Crippen MR) is 75.7 cm³/mol. The summed E-state index contributed by atoms with van der Waals surface area (Å²) in [4.78, 5) is 14.8. The molecule has 0 saturated heterocycles. The second-order valence-corrected chi connectivity index (χ2v) is 5.70. The number of benzene rings is 1. The van der Waals surface area contributed by atoms with Crippen LogP contribution in [0.1, 0.15) is 17.4 Å². The van der Waals surface area contributed by atoms with E-state index in [2.05, 4.69) is 4.98 Å². The van der Waals surface area contributed by atoms with Gasteiger partial charge in [0.2, 0.25) is 0 Å². The lowest BCUT2D eigenvalue weighted by Crippen LogP contribution is -1.93. The summed E-state index contributed by atoms with van der Waals surface area (Å²) in [5, 5.41) is 10.9. The molecule has 0 amide bonds. The van der Waals surface area contributed by atoms with Gasteiger partial charge in [-0.3, -0.25) is 10.1 Å². The third kappa shape index (κ3) is 2.34. The summed E-state index contributed by atoms with van der Waals surface area (Å²) in [6.45, 7) is 3.78. The van der Waals surface area contributed by atoms with Crippen LogP contribution in [0.25, 0.3) is 11.3 Å². The van der Waals surface area contributed by atoms with Crippen LogP contribution in [0.3, 0.4) is 0 Å². The number of rotatable bonds is 3. The van der Waals surface area contributed by atoms with E-state index in [0.29, 0.717) is 9.52 Å². The molecule has 1 heterocycles. The minimum absolute atomic E-state index is 0.139. The molecule has 4 nitrogen and oxygen atoms in total. The molecule has 0 aliphatic carbocycles. The molecule has 0 aliphatic rings. The number of aromatic nitrogens is 1. The maximum atomic E-state index is 10.9. The van der Waals surface area contributed by atoms with Crippen molar-refractivity contribution in [2.75, 3.05) is 0 Å². The Labute approximate surface area is 113 Å². The highest BCUT2D eigenvalue weighted by Gasteiger charge is 2.14. The van der Waals surface area contributed by atoms with E-state index in [9.17, 15) is 10.1 Å². The normalized spacial score (nSPS) is 10.6. The van der Waals surface area contributed by atoms with Gasteiger partial charge in [0.05, 0.1) is 10.6 Å². The van der Waals surface area contributed by atoms with Gasteiger partial charge in [0, 0.05) is 22.1 Å². The number of aryl methyl sites for hydroxylation is 2. The molecule has 2 aromatic rings. The van der Waals surface area contributed by atoms with Gasteiger partial charge >= 0.3 is 0 Å². The van der Waals surface area contributed by atoms with Gasteiger partial charge in [-0.05, 0) is 25.6 Å². The van der Waals surface area contributed by atoms with Crippen molar-refractivity contribution in [2.45, 2.75) is 20.3 Å². The van der Waals surface area contributed by atoms with Gasteiger partial charge in [-0.1, -0.05) is 19.1 Å². The first-order valence-electron chi connectivity index (χ1n) is 5.50. The van der Waals surface area contributed by atoms with Gasteiger partial charge in [0.1, 0.15) is 0 Å². The number of hydrogen-bond acceptors (Lipinski definition) is 4. The van der Waals surface area contributed by atoms with Crippen LogP contribution in [-0.4, -0.2) is 9.91 Å². The standard InChI is InChI=1S/C12H12N2O2S2/c1-3-10-11(13-12(17)18-10)8-5-4-7(2)9(6-8)14(15)16/h4-6H,3H2,1-2H3,(H,13,17). The van der Waals surface area contributed by atoms with Crippen LogP contribution in [-0.2, 0) is 6.42 Å². The maximum Gasteiger partial charge on any atom is 0.272 e. The molecular weight excluding hydrogens is 268 g/mol. The quantitative estimate of drug-likeness (QED) is 0.519. The molecule has 0 bridgehead atoms. The lowest BCUT2D eigenvalue weighted by molar-refractivity contribution is -0.385. The lowest BCUT2D eigenvalue weighted by atomic mass is 10.1. The fraction of sp³-hybridized carbons (Fsp3) is 0.250. The first-order valence-corrected chi connectivity index (χ1v) is 6.72. The zero-order valence-corrected chi connectivity index (χ0v) is 11.7. The van der Waals surface area contributed by atoms with Crippen LogP contribution < -0.4 is 0 Å². The van der Waals surface area contributed by atoms with Crippen molar-refractivity contribution in [1.82, 2.24) is 4.98 Å². The van der Waals surface area contributed by atoms with Gasteiger partial charge in [-0.15, -0.1) is 11.3 Å². The van der Waals surface area contributed by atoms with Crippen molar-refractivity contribution in [3.8, 4) is 11.3 Å². The fourth-order valence-electron chi connectivity index (χ4n) is 1.80. The van der Waals surface area contributed by atoms with Crippen LogP contribution >= 0.6 is 23.6 Å². The van der Waals surface area contributed by atoms with Crippen LogP contribution in [0.5, 0.6) is 0 Å². The van der Waals surface area contributed by atoms with E-state index in [1.165, 1.54) is 11.3 Å². The van der Waals surface area contributed by atoms with E-state index in [1.807, 2.05) is 13.0 Å². The summed E-state index contributed by atoms with van der Waals surface area (Å²) in [5.41, 5.74) is 2.52. The number of nitrogens with zero attached hydrogens (tertiary/aromatic N) is 1. The molecule has 0 atom stereocenters. The number of thiazole rings is 1. The Morgan fingerprint density at radius 1 is 1.50 bits per heavy atom. The number of aromatic amines is 1. The Morgan fingerprint density at radius 2 is 2.22 bits per heavy atom. The zero-order valence-electron chi connectivity index (χ0n) is 10.0. The number of nitrogens with one attached hydrogen (secondary N) is 1. The molecule has 1 aromatic carbocycles. The lowest BCUT2D eigenvalue weighted by Gasteiger charge is -2.03. The first-order chi connectivity index (χ1) is 8.52. The van der Waals surface area contributed by atoms with Crippen LogP contribution in [0.15, 0.2) is 18.2 Å². The van der Waals surface area contributed by atoms with E-state index < -0.39 is 0 Å². The summed E-state index contributed by atoms with van der Waals surface area (Å²) in [6.07, 6.45) is 0.856. The Balaban J connectivity index is 2.60. The summed E-state index contributed by atoms with van der Waals surface area (Å²) < 4.78 is 0.699. The molecule has 0 saturated carbocycles. The molecule has 1 N–H and O–H groups in total. The SMILES string of the molecule is CCc1sc(=S)[nH]c1-c1ccc(C)c([N+](=O)[O-])c1. The maximum absolute atomic E-state index is 10.9. The number of nitro groups is 1. The summed E-state index contributed by atoms with van der Waals surface area (Å²) >= 11 is 6.64.